The van der Waals surface area contributed by atoms with Gasteiger partial charge in [0.2, 0.25) is 10.0 Å². The second-order valence-electron chi connectivity index (χ2n) is 6.51. The number of carbonyl (C=O) groups excluding carboxylic acids is 1. The maximum atomic E-state index is 12.7. The molecule has 0 saturated carbocycles. The van der Waals surface area contributed by atoms with Gasteiger partial charge in [0.05, 0.1) is 11.9 Å². The minimum atomic E-state index is -3.47. The zero-order valence-electron chi connectivity index (χ0n) is 15.0. The molecule has 0 radical (unpaired) electrons. The molecule has 1 N–H and O–H groups in total. The molecule has 6 nitrogen and oxygen atoms in total. The zero-order chi connectivity index (χ0) is 18.9. The molecule has 1 atom stereocenters. The van der Waals surface area contributed by atoms with E-state index in [1.54, 1.807) is 12.1 Å². The van der Waals surface area contributed by atoms with Crippen LogP contribution in [0.2, 0.25) is 0 Å². The second-order valence-corrected chi connectivity index (χ2v) is 8.41. The van der Waals surface area contributed by atoms with Gasteiger partial charge in [-0.2, -0.15) is 0 Å². The molecule has 2 aromatic carbocycles. The van der Waals surface area contributed by atoms with Crippen molar-refractivity contribution < 1.29 is 17.9 Å². The summed E-state index contributed by atoms with van der Waals surface area (Å²) < 4.78 is 31.6. The molecular weight excluding hydrogens is 352 g/mol. The number of amides is 1. The van der Waals surface area contributed by atoms with E-state index in [-0.39, 0.29) is 18.9 Å². The van der Waals surface area contributed by atoms with Crippen LogP contribution >= 0.6 is 0 Å². The van der Waals surface area contributed by atoms with Crippen molar-refractivity contribution in [1.82, 2.24) is 0 Å². The molecule has 1 amide bonds. The molecule has 0 unspecified atom stereocenters. The Hall–Kier alpha value is -2.54. The molecule has 0 saturated heterocycles. The van der Waals surface area contributed by atoms with Gasteiger partial charge in [-0.1, -0.05) is 24.3 Å². The molecule has 0 fully saturated rings. The number of hydrogen-bond donors (Lipinski definition) is 1. The summed E-state index contributed by atoms with van der Waals surface area (Å²) in [7, 11) is -3.47. The molecule has 138 valence electrons. The van der Waals surface area contributed by atoms with Crippen LogP contribution in [0, 0.1) is 13.8 Å². The summed E-state index contributed by atoms with van der Waals surface area (Å²) in [6.07, 6.45) is 0.647. The molecule has 0 bridgehead atoms. The number of rotatable bonds is 3. The molecule has 1 aliphatic heterocycles. The van der Waals surface area contributed by atoms with Gasteiger partial charge < -0.3 is 10.1 Å². The minimum Gasteiger partial charge on any atom is -0.478 e. The summed E-state index contributed by atoms with van der Waals surface area (Å²) in [5, 5.41) is 2.87. The number of carbonyl (C=O) groups is 1. The van der Waals surface area contributed by atoms with E-state index in [0.29, 0.717) is 11.4 Å². The summed E-state index contributed by atoms with van der Waals surface area (Å²) in [4.78, 5) is 12.7. The summed E-state index contributed by atoms with van der Waals surface area (Å²) in [6, 6.07) is 12.8. The lowest BCUT2D eigenvalue weighted by Gasteiger charge is -2.21. The van der Waals surface area contributed by atoms with E-state index in [9.17, 15) is 13.2 Å². The summed E-state index contributed by atoms with van der Waals surface area (Å²) in [6.45, 7) is 3.97. The highest BCUT2D eigenvalue weighted by Gasteiger charge is 2.31. The maximum Gasteiger partial charge on any atom is 0.265 e. The molecule has 1 aliphatic rings. The van der Waals surface area contributed by atoms with Crippen molar-refractivity contribution >= 4 is 27.3 Å². The molecule has 0 aromatic heterocycles. The Kier molecular flexibility index (Phi) is 4.91. The lowest BCUT2D eigenvalue weighted by atomic mass is 10.2. The maximum absolute atomic E-state index is 12.7. The number of ether oxygens (including phenoxy) is 1. The van der Waals surface area contributed by atoms with Crippen LogP contribution in [-0.4, -0.2) is 33.2 Å². The van der Waals surface area contributed by atoms with Crippen LogP contribution in [0.4, 0.5) is 11.4 Å². The standard InChI is InChI=1S/C19H22N2O4S/c1-13-8-9-17-16(12-13)21(26(3,23)24)11-10-18(25-17)19(22)20-15-7-5-4-6-14(15)2/h4-9,12,18H,10-11H2,1-3H3,(H,20,22)/t18-/m0/s1. The first-order valence-corrected chi connectivity index (χ1v) is 10.2. The number of aryl methyl sites for hydroxylation is 2. The van der Waals surface area contributed by atoms with E-state index in [1.165, 1.54) is 4.31 Å². The summed E-state index contributed by atoms with van der Waals surface area (Å²) >= 11 is 0. The van der Waals surface area contributed by atoms with Crippen LogP contribution in [0.25, 0.3) is 0 Å². The fraction of sp³-hybridized carbons (Fsp3) is 0.316. The monoisotopic (exact) mass is 374 g/mol. The third-order valence-electron chi connectivity index (χ3n) is 4.34. The molecule has 7 heteroatoms. The first kappa shape index (κ1) is 18.3. The van der Waals surface area contributed by atoms with Crippen LogP contribution in [0.15, 0.2) is 42.5 Å². The van der Waals surface area contributed by atoms with Gasteiger partial charge in [0.25, 0.3) is 5.91 Å². The van der Waals surface area contributed by atoms with E-state index in [1.807, 2.05) is 44.2 Å². The van der Waals surface area contributed by atoms with Crippen molar-refractivity contribution in [1.29, 1.82) is 0 Å². The van der Waals surface area contributed by atoms with Gasteiger partial charge in [-0.15, -0.1) is 0 Å². The van der Waals surface area contributed by atoms with Gasteiger partial charge in [-0.05, 0) is 43.2 Å². The number of fused-ring (bicyclic) bond motifs is 1. The van der Waals surface area contributed by atoms with Gasteiger partial charge in [0, 0.05) is 18.7 Å². The molecular formula is C19H22N2O4S. The van der Waals surface area contributed by atoms with Crippen molar-refractivity contribution in [3.05, 3.63) is 53.6 Å². The fourth-order valence-electron chi connectivity index (χ4n) is 2.94. The highest BCUT2D eigenvalue weighted by Crippen LogP contribution is 2.35. The highest BCUT2D eigenvalue weighted by molar-refractivity contribution is 7.92. The molecule has 2 aromatic rings. The molecule has 1 heterocycles. The lowest BCUT2D eigenvalue weighted by molar-refractivity contribution is -0.122. The second kappa shape index (κ2) is 6.99. The van der Waals surface area contributed by atoms with Crippen molar-refractivity contribution in [2.45, 2.75) is 26.4 Å². The predicted octanol–water partition coefficient (Wildman–Crippen LogP) is 2.86. The third kappa shape index (κ3) is 3.83. The van der Waals surface area contributed by atoms with E-state index in [0.717, 1.165) is 23.1 Å². The summed E-state index contributed by atoms with van der Waals surface area (Å²) in [5.74, 6) is 0.102. The molecule has 0 spiro atoms. The average Bonchev–Trinajstić information content (AvgIpc) is 2.76. The first-order chi connectivity index (χ1) is 12.3. The third-order valence-corrected chi connectivity index (χ3v) is 5.52. The Morgan fingerprint density at radius 1 is 1.19 bits per heavy atom. The van der Waals surface area contributed by atoms with Crippen LogP contribution in [-0.2, 0) is 14.8 Å². The SMILES string of the molecule is Cc1ccc2c(c1)N(S(C)(=O)=O)CC[C@@H](C(=O)Nc1ccccc1C)O2. The van der Waals surface area contributed by atoms with Crippen LogP contribution in [0.1, 0.15) is 17.5 Å². The van der Waals surface area contributed by atoms with Gasteiger partial charge in [-0.3, -0.25) is 9.10 Å². The Morgan fingerprint density at radius 2 is 1.92 bits per heavy atom. The van der Waals surface area contributed by atoms with Gasteiger partial charge >= 0.3 is 0 Å². The molecule has 3 rings (SSSR count). The van der Waals surface area contributed by atoms with Gasteiger partial charge in [0.1, 0.15) is 5.75 Å². The minimum absolute atomic E-state index is 0.182. The average molecular weight is 374 g/mol. The normalized spacial score (nSPS) is 17.0. The Labute approximate surface area is 153 Å². The van der Waals surface area contributed by atoms with Crippen molar-refractivity contribution in [3.63, 3.8) is 0 Å². The van der Waals surface area contributed by atoms with Gasteiger partial charge in [-0.25, -0.2) is 8.42 Å². The lowest BCUT2D eigenvalue weighted by Crippen LogP contribution is -2.36. The zero-order valence-corrected chi connectivity index (χ0v) is 15.8. The number of nitrogens with one attached hydrogen (secondary N) is 1. The molecule has 0 aliphatic carbocycles. The summed E-state index contributed by atoms with van der Waals surface area (Å²) in [5.41, 5.74) is 3.06. The topological polar surface area (TPSA) is 75.7 Å². The molecule has 26 heavy (non-hydrogen) atoms. The quantitative estimate of drug-likeness (QED) is 0.896. The number of para-hydroxylation sites is 1. The van der Waals surface area contributed by atoms with E-state index < -0.39 is 16.1 Å². The van der Waals surface area contributed by atoms with Gasteiger partial charge in [0.15, 0.2) is 6.10 Å². The largest absolute Gasteiger partial charge is 0.478 e. The number of sulfonamides is 1. The van der Waals surface area contributed by atoms with Crippen LogP contribution in [0.3, 0.4) is 0 Å². The van der Waals surface area contributed by atoms with E-state index in [2.05, 4.69) is 5.32 Å². The number of nitrogens with zero attached hydrogens (tertiary/aromatic N) is 1. The Balaban J connectivity index is 1.89. The van der Waals surface area contributed by atoms with Crippen molar-refractivity contribution in [2.75, 3.05) is 22.4 Å². The van der Waals surface area contributed by atoms with Crippen LogP contribution < -0.4 is 14.4 Å². The number of benzene rings is 2. The highest BCUT2D eigenvalue weighted by atomic mass is 32.2. The first-order valence-electron chi connectivity index (χ1n) is 8.37. The fourth-order valence-corrected chi connectivity index (χ4v) is 3.88. The smallest absolute Gasteiger partial charge is 0.265 e. The number of hydrogen-bond acceptors (Lipinski definition) is 4. The van der Waals surface area contributed by atoms with Crippen molar-refractivity contribution in [3.8, 4) is 5.75 Å². The van der Waals surface area contributed by atoms with E-state index in [4.69, 9.17) is 4.74 Å². The van der Waals surface area contributed by atoms with Crippen LogP contribution in [0.5, 0.6) is 5.75 Å². The van der Waals surface area contributed by atoms with Crippen molar-refractivity contribution in [2.24, 2.45) is 0 Å². The Morgan fingerprint density at radius 3 is 2.62 bits per heavy atom. The van der Waals surface area contributed by atoms with E-state index >= 15 is 0 Å². The Bertz CT molecular complexity index is 940. The number of anilines is 2. The predicted molar refractivity (Wildman–Crippen MR) is 102 cm³/mol.